The monoisotopic (exact) mass is 408 g/mol. The van der Waals surface area contributed by atoms with E-state index >= 15 is 0 Å². The highest BCUT2D eigenvalue weighted by Gasteiger charge is 2.43. The summed E-state index contributed by atoms with van der Waals surface area (Å²) in [6.45, 7) is 0.929. The lowest BCUT2D eigenvalue weighted by Gasteiger charge is -2.09. The molecular formula is C22H26N5O3+. The second-order valence-corrected chi connectivity index (χ2v) is 7.91. The summed E-state index contributed by atoms with van der Waals surface area (Å²) in [5.74, 6) is 2.14. The van der Waals surface area contributed by atoms with Gasteiger partial charge in [0.1, 0.15) is 5.82 Å². The molecule has 2 atom stereocenters. The van der Waals surface area contributed by atoms with E-state index in [1.54, 1.807) is 26.5 Å². The number of hydrogen-bond acceptors (Lipinski definition) is 6. The van der Waals surface area contributed by atoms with Gasteiger partial charge in [-0.25, -0.2) is 4.98 Å². The summed E-state index contributed by atoms with van der Waals surface area (Å²) < 4.78 is 12.9. The van der Waals surface area contributed by atoms with Crippen LogP contribution in [0.4, 0.5) is 5.82 Å². The molecule has 156 valence electrons. The number of nitrogens with zero attached hydrogens (tertiary/aromatic N) is 4. The molecule has 30 heavy (non-hydrogen) atoms. The van der Waals surface area contributed by atoms with E-state index < -0.39 is 0 Å². The highest BCUT2D eigenvalue weighted by molar-refractivity contribution is 6.21. The van der Waals surface area contributed by atoms with Gasteiger partial charge in [-0.1, -0.05) is 0 Å². The van der Waals surface area contributed by atoms with E-state index in [4.69, 9.17) is 9.47 Å². The van der Waals surface area contributed by atoms with Crippen LogP contribution in [0.15, 0.2) is 35.2 Å². The number of ether oxygens (including phenoxy) is 2. The Morgan fingerprint density at radius 2 is 2.13 bits per heavy atom. The number of carbonyl (C=O) groups is 1. The van der Waals surface area contributed by atoms with Crippen molar-refractivity contribution < 1.29 is 14.3 Å². The third-order valence-corrected chi connectivity index (χ3v) is 5.53. The van der Waals surface area contributed by atoms with Gasteiger partial charge < -0.3 is 24.3 Å². The average Bonchev–Trinajstić information content (AvgIpc) is 3.42. The molecule has 8 heteroatoms. The molecule has 1 saturated carbocycles. The maximum atomic E-state index is 12.5. The summed E-state index contributed by atoms with van der Waals surface area (Å²) in [7, 11) is 9.17. The SMILES string of the molecule is COC1=N[C+]=CC(OC)=C1c1cc2cc(NC(=O)[C@@H]3C[C@H]3CN(C)C)ncc2n1C. The molecule has 8 nitrogen and oxygen atoms in total. The van der Waals surface area contributed by atoms with Crippen LogP contribution in [0.5, 0.6) is 0 Å². The summed E-state index contributed by atoms with van der Waals surface area (Å²) >= 11 is 0. The van der Waals surface area contributed by atoms with Crippen LogP contribution in [0.25, 0.3) is 16.5 Å². The lowest BCUT2D eigenvalue weighted by atomic mass is 10.1. The Balaban J connectivity index is 1.61. The van der Waals surface area contributed by atoms with Gasteiger partial charge in [0.25, 0.3) is 0 Å². The van der Waals surface area contributed by atoms with E-state index in [0.29, 0.717) is 23.4 Å². The number of aryl methyl sites for hydroxylation is 1. The molecular weight excluding hydrogens is 382 g/mol. The molecule has 2 aromatic heterocycles. The minimum absolute atomic E-state index is 0.0380. The van der Waals surface area contributed by atoms with Crippen LogP contribution in [-0.2, 0) is 21.3 Å². The lowest BCUT2D eigenvalue weighted by Crippen LogP contribution is -2.20. The van der Waals surface area contributed by atoms with Crippen molar-refractivity contribution in [3.8, 4) is 0 Å². The Morgan fingerprint density at radius 1 is 1.33 bits per heavy atom. The number of hydrogen-bond donors (Lipinski definition) is 1. The molecule has 1 aliphatic carbocycles. The fraction of sp³-hybridized carbons (Fsp3) is 0.409. The minimum Gasteiger partial charge on any atom is -0.436 e. The largest absolute Gasteiger partial charge is 0.436 e. The molecule has 0 saturated heterocycles. The second kappa shape index (κ2) is 7.89. The number of nitrogens with one attached hydrogen (secondary N) is 1. The Bertz CT molecular complexity index is 1080. The number of aromatic nitrogens is 2. The Morgan fingerprint density at radius 3 is 2.83 bits per heavy atom. The molecule has 0 spiro atoms. The van der Waals surface area contributed by atoms with E-state index in [-0.39, 0.29) is 11.8 Å². The zero-order chi connectivity index (χ0) is 21.4. The number of anilines is 1. The zero-order valence-electron chi connectivity index (χ0n) is 17.9. The molecule has 2 aromatic rings. The summed E-state index contributed by atoms with van der Waals surface area (Å²) in [6.07, 6.45) is 7.16. The van der Waals surface area contributed by atoms with Crippen LogP contribution in [0.1, 0.15) is 12.1 Å². The molecule has 0 bridgehead atoms. The number of aliphatic imine (C=N–C) groups is 1. The number of allylic oxidation sites excluding steroid dienone is 1. The first-order valence-corrected chi connectivity index (χ1v) is 9.83. The molecule has 0 unspecified atom stereocenters. The van der Waals surface area contributed by atoms with Gasteiger partial charge in [0, 0.05) is 24.9 Å². The highest BCUT2D eigenvalue weighted by atomic mass is 16.5. The molecule has 1 fully saturated rings. The first kappa shape index (κ1) is 20.1. The van der Waals surface area contributed by atoms with Crippen molar-refractivity contribution in [2.75, 3.05) is 40.2 Å². The van der Waals surface area contributed by atoms with E-state index in [9.17, 15) is 4.79 Å². The van der Waals surface area contributed by atoms with Crippen molar-refractivity contribution in [3.05, 3.63) is 42.1 Å². The minimum atomic E-state index is 0.0380. The van der Waals surface area contributed by atoms with Crippen molar-refractivity contribution >= 4 is 34.1 Å². The zero-order valence-corrected chi connectivity index (χ0v) is 17.9. The third-order valence-electron chi connectivity index (χ3n) is 5.53. The van der Waals surface area contributed by atoms with Crippen LogP contribution in [0.3, 0.4) is 0 Å². The molecule has 1 aliphatic heterocycles. The van der Waals surface area contributed by atoms with Gasteiger partial charge in [-0.2, -0.15) is 0 Å². The highest BCUT2D eigenvalue weighted by Crippen LogP contribution is 2.39. The van der Waals surface area contributed by atoms with Crippen LogP contribution in [0.2, 0.25) is 0 Å². The quantitative estimate of drug-likeness (QED) is 0.743. The molecule has 4 rings (SSSR count). The van der Waals surface area contributed by atoms with E-state index in [0.717, 1.165) is 35.1 Å². The first-order valence-electron chi connectivity index (χ1n) is 9.83. The Kier molecular flexibility index (Phi) is 5.28. The number of pyridine rings is 1. The van der Waals surface area contributed by atoms with Gasteiger partial charge in [-0.05, 0) is 43.6 Å². The van der Waals surface area contributed by atoms with Crippen molar-refractivity contribution in [3.63, 3.8) is 0 Å². The predicted molar refractivity (Wildman–Crippen MR) is 116 cm³/mol. The molecule has 3 heterocycles. The standard InChI is InChI=1S/C22H25N5O3/c1-26(2)12-14-8-15(14)21(28)25-19-10-13-9-16(27(3)17(13)11-24-19)20-18(29-4)6-7-23-22(20)30-5/h6,9-11,14-15H,8,12H2,1-5H3/p+1/t14-,15+/m0/s1. The maximum Gasteiger partial charge on any atom is 0.344 e. The van der Waals surface area contributed by atoms with E-state index in [1.807, 2.05) is 37.8 Å². The van der Waals surface area contributed by atoms with Gasteiger partial charge in [0.2, 0.25) is 17.2 Å². The average molecular weight is 408 g/mol. The number of carbonyl (C=O) groups excluding carboxylic acids is 1. The van der Waals surface area contributed by atoms with Crippen molar-refractivity contribution in [2.45, 2.75) is 6.42 Å². The van der Waals surface area contributed by atoms with Crippen LogP contribution < -0.4 is 5.32 Å². The van der Waals surface area contributed by atoms with Gasteiger partial charge in [0.05, 0.1) is 31.6 Å². The van der Waals surface area contributed by atoms with Crippen LogP contribution in [-0.4, -0.2) is 61.1 Å². The fourth-order valence-corrected chi connectivity index (χ4v) is 3.93. The topological polar surface area (TPSA) is 81.0 Å². The third kappa shape index (κ3) is 3.67. The van der Waals surface area contributed by atoms with E-state index in [1.165, 1.54) is 0 Å². The number of amides is 1. The van der Waals surface area contributed by atoms with Crippen molar-refractivity contribution in [1.29, 1.82) is 0 Å². The number of methoxy groups -OCH3 is 2. The molecule has 0 radical (unpaired) electrons. The molecule has 1 N–H and O–H groups in total. The van der Waals surface area contributed by atoms with Gasteiger partial charge >= 0.3 is 5.90 Å². The van der Waals surface area contributed by atoms with E-state index in [2.05, 4.69) is 26.4 Å². The number of fused-ring (bicyclic) bond motifs is 1. The summed E-state index contributed by atoms with van der Waals surface area (Å²) in [5.41, 5.74) is 2.54. The predicted octanol–water partition coefficient (Wildman–Crippen LogP) is 2.44. The summed E-state index contributed by atoms with van der Waals surface area (Å²) in [6, 6.07) is 3.90. The second-order valence-electron chi connectivity index (χ2n) is 7.91. The Hall–Kier alpha value is -3.22. The normalized spacial score (nSPS) is 20.3. The summed E-state index contributed by atoms with van der Waals surface area (Å²) in [4.78, 5) is 23.3. The number of rotatable bonds is 6. The molecule has 1 amide bonds. The van der Waals surface area contributed by atoms with Crippen molar-refractivity contribution in [2.24, 2.45) is 23.9 Å². The summed E-state index contributed by atoms with van der Waals surface area (Å²) in [5, 5.41) is 3.92. The molecule has 2 aliphatic rings. The smallest absolute Gasteiger partial charge is 0.344 e. The van der Waals surface area contributed by atoms with Crippen LogP contribution in [0, 0.1) is 18.0 Å². The Labute approximate surface area is 175 Å². The fourth-order valence-electron chi connectivity index (χ4n) is 3.93. The first-order chi connectivity index (χ1) is 14.4. The van der Waals surface area contributed by atoms with Gasteiger partial charge in [-0.3, -0.25) is 4.79 Å². The van der Waals surface area contributed by atoms with Gasteiger partial charge in [-0.15, -0.1) is 0 Å². The molecule has 0 aromatic carbocycles. The van der Waals surface area contributed by atoms with Crippen molar-refractivity contribution in [1.82, 2.24) is 14.5 Å². The van der Waals surface area contributed by atoms with Crippen LogP contribution >= 0.6 is 0 Å². The lowest BCUT2D eigenvalue weighted by molar-refractivity contribution is -0.117. The maximum absolute atomic E-state index is 12.5. The van der Waals surface area contributed by atoms with Gasteiger partial charge in [0.15, 0.2) is 12.3 Å².